The Hall–Kier alpha value is -2.12. The highest BCUT2D eigenvalue weighted by Gasteiger charge is 2.18. The maximum absolute atomic E-state index is 13.6. The van der Waals surface area contributed by atoms with Crippen LogP contribution in [0.15, 0.2) is 35.4 Å². The Morgan fingerprint density at radius 1 is 1.08 bits per heavy atom. The second kappa shape index (κ2) is 6.78. The fraction of sp³-hybridized carbons (Fsp3) is 0.353. The van der Waals surface area contributed by atoms with Gasteiger partial charge in [-0.2, -0.15) is 0 Å². The Balaban J connectivity index is 1.54. The van der Waals surface area contributed by atoms with Gasteiger partial charge >= 0.3 is 0 Å². The van der Waals surface area contributed by atoms with Crippen LogP contribution in [-0.4, -0.2) is 46.0 Å². The molecule has 0 unspecified atom stereocenters. The van der Waals surface area contributed by atoms with E-state index in [0.717, 1.165) is 61.6 Å². The molecule has 2 aromatic heterocycles. The third kappa shape index (κ3) is 3.22. The smallest absolute Gasteiger partial charge is 0.140 e. The van der Waals surface area contributed by atoms with Crippen LogP contribution in [0.25, 0.3) is 10.9 Å². The van der Waals surface area contributed by atoms with E-state index in [1.807, 2.05) is 5.51 Å². The van der Waals surface area contributed by atoms with E-state index in [1.54, 1.807) is 23.7 Å². The van der Waals surface area contributed by atoms with Gasteiger partial charge in [0, 0.05) is 43.5 Å². The van der Waals surface area contributed by atoms with Crippen molar-refractivity contribution in [2.45, 2.75) is 13.0 Å². The van der Waals surface area contributed by atoms with E-state index in [-0.39, 0.29) is 5.82 Å². The van der Waals surface area contributed by atoms with Crippen LogP contribution in [0, 0.1) is 5.82 Å². The van der Waals surface area contributed by atoms with Gasteiger partial charge in [0.1, 0.15) is 18.0 Å². The maximum Gasteiger partial charge on any atom is 0.140 e. The number of thiazole rings is 1. The highest BCUT2D eigenvalue weighted by Crippen LogP contribution is 2.24. The number of halogens is 1. The van der Waals surface area contributed by atoms with Gasteiger partial charge in [-0.3, -0.25) is 4.90 Å². The first-order chi connectivity index (χ1) is 11.8. The molecule has 1 fully saturated rings. The van der Waals surface area contributed by atoms with Gasteiger partial charge in [0.2, 0.25) is 0 Å². The Labute approximate surface area is 143 Å². The van der Waals surface area contributed by atoms with E-state index < -0.39 is 0 Å². The van der Waals surface area contributed by atoms with E-state index in [0.29, 0.717) is 0 Å². The maximum atomic E-state index is 13.6. The van der Waals surface area contributed by atoms with Crippen LogP contribution >= 0.6 is 11.3 Å². The lowest BCUT2D eigenvalue weighted by Gasteiger charge is -2.23. The Morgan fingerprint density at radius 3 is 2.92 bits per heavy atom. The molecule has 1 aliphatic heterocycles. The quantitative estimate of drug-likeness (QED) is 0.732. The van der Waals surface area contributed by atoms with Crippen molar-refractivity contribution in [3.05, 3.63) is 46.9 Å². The molecule has 0 saturated carbocycles. The van der Waals surface area contributed by atoms with Gasteiger partial charge in [-0.25, -0.2) is 19.3 Å². The third-order valence-electron chi connectivity index (χ3n) is 4.33. The molecule has 5 nitrogen and oxygen atoms in total. The Bertz CT molecular complexity index is 823. The summed E-state index contributed by atoms with van der Waals surface area (Å²) in [5, 5.41) is 2.88. The van der Waals surface area contributed by atoms with E-state index in [1.165, 1.54) is 12.1 Å². The molecule has 1 aliphatic rings. The summed E-state index contributed by atoms with van der Waals surface area (Å²) >= 11 is 1.63. The molecule has 4 rings (SSSR count). The molecule has 1 aromatic carbocycles. The van der Waals surface area contributed by atoms with Crippen molar-refractivity contribution in [3.63, 3.8) is 0 Å². The molecule has 7 heteroatoms. The summed E-state index contributed by atoms with van der Waals surface area (Å²) in [5.41, 5.74) is 3.79. The van der Waals surface area contributed by atoms with Crippen molar-refractivity contribution in [1.29, 1.82) is 0 Å². The average molecular weight is 343 g/mol. The summed E-state index contributed by atoms with van der Waals surface area (Å²) in [4.78, 5) is 17.7. The summed E-state index contributed by atoms with van der Waals surface area (Å²) in [6.07, 6.45) is 2.61. The monoisotopic (exact) mass is 343 g/mol. The summed E-state index contributed by atoms with van der Waals surface area (Å²) in [6, 6.07) is 4.68. The van der Waals surface area contributed by atoms with Crippen molar-refractivity contribution in [2.75, 3.05) is 31.1 Å². The van der Waals surface area contributed by atoms with E-state index in [2.05, 4.69) is 30.1 Å². The first-order valence-corrected chi connectivity index (χ1v) is 8.98. The van der Waals surface area contributed by atoms with Gasteiger partial charge in [-0.15, -0.1) is 11.3 Å². The molecule has 3 heterocycles. The molecule has 3 aromatic rings. The van der Waals surface area contributed by atoms with Gasteiger partial charge < -0.3 is 4.90 Å². The SMILES string of the molecule is Fc1ccc2ncnc(N3CCCN(Cc4cscn4)CC3)c2c1. The second-order valence-electron chi connectivity index (χ2n) is 5.96. The molecule has 0 aliphatic carbocycles. The largest absolute Gasteiger partial charge is 0.355 e. The summed E-state index contributed by atoms with van der Waals surface area (Å²) in [5.74, 6) is 0.577. The zero-order valence-electron chi connectivity index (χ0n) is 13.2. The summed E-state index contributed by atoms with van der Waals surface area (Å²) in [6.45, 7) is 4.64. The van der Waals surface area contributed by atoms with Crippen LogP contribution in [0.3, 0.4) is 0 Å². The number of nitrogens with zero attached hydrogens (tertiary/aromatic N) is 5. The molecule has 0 bridgehead atoms. The number of hydrogen-bond donors (Lipinski definition) is 0. The lowest BCUT2D eigenvalue weighted by Crippen LogP contribution is -2.31. The van der Waals surface area contributed by atoms with Crippen molar-refractivity contribution >= 4 is 28.1 Å². The number of hydrogen-bond acceptors (Lipinski definition) is 6. The zero-order valence-corrected chi connectivity index (χ0v) is 14.0. The molecule has 124 valence electrons. The summed E-state index contributed by atoms with van der Waals surface area (Å²) < 4.78 is 13.6. The van der Waals surface area contributed by atoms with E-state index >= 15 is 0 Å². The molecular weight excluding hydrogens is 325 g/mol. The van der Waals surface area contributed by atoms with Gasteiger partial charge in [0.15, 0.2) is 0 Å². The van der Waals surface area contributed by atoms with Gasteiger partial charge in [-0.05, 0) is 24.6 Å². The van der Waals surface area contributed by atoms with Gasteiger partial charge in [0.05, 0.1) is 16.7 Å². The predicted octanol–water partition coefficient (Wildman–Crippen LogP) is 2.94. The molecule has 0 atom stereocenters. The van der Waals surface area contributed by atoms with Crippen molar-refractivity contribution < 1.29 is 4.39 Å². The number of anilines is 1. The van der Waals surface area contributed by atoms with Crippen LogP contribution in [0.2, 0.25) is 0 Å². The van der Waals surface area contributed by atoms with Crippen molar-refractivity contribution in [3.8, 4) is 0 Å². The Kier molecular flexibility index (Phi) is 4.36. The van der Waals surface area contributed by atoms with Crippen molar-refractivity contribution in [2.24, 2.45) is 0 Å². The minimum Gasteiger partial charge on any atom is -0.355 e. The minimum absolute atomic E-state index is 0.251. The topological polar surface area (TPSA) is 45.2 Å². The van der Waals surface area contributed by atoms with Crippen LogP contribution in [0.5, 0.6) is 0 Å². The molecule has 0 amide bonds. The Morgan fingerprint density at radius 2 is 2.04 bits per heavy atom. The highest BCUT2D eigenvalue weighted by atomic mass is 32.1. The van der Waals surface area contributed by atoms with E-state index in [4.69, 9.17) is 0 Å². The fourth-order valence-electron chi connectivity index (χ4n) is 3.15. The van der Waals surface area contributed by atoms with Crippen LogP contribution < -0.4 is 4.90 Å². The third-order valence-corrected chi connectivity index (χ3v) is 4.97. The zero-order chi connectivity index (χ0) is 16.4. The fourth-order valence-corrected chi connectivity index (χ4v) is 3.70. The number of aromatic nitrogens is 3. The van der Waals surface area contributed by atoms with Crippen LogP contribution in [0.4, 0.5) is 10.2 Å². The molecule has 0 N–H and O–H groups in total. The number of fused-ring (bicyclic) bond motifs is 1. The number of rotatable bonds is 3. The normalized spacial score (nSPS) is 16.5. The second-order valence-corrected chi connectivity index (χ2v) is 6.67. The predicted molar refractivity (Wildman–Crippen MR) is 93.7 cm³/mol. The first kappa shape index (κ1) is 15.4. The average Bonchev–Trinajstić information content (AvgIpc) is 2.99. The molecule has 1 saturated heterocycles. The van der Waals surface area contributed by atoms with Crippen LogP contribution in [-0.2, 0) is 6.54 Å². The molecule has 0 radical (unpaired) electrons. The lowest BCUT2D eigenvalue weighted by atomic mass is 10.2. The van der Waals surface area contributed by atoms with Gasteiger partial charge in [-0.1, -0.05) is 0 Å². The molecule has 0 spiro atoms. The summed E-state index contributed by atoms with van der Waals surface area (Å²) in [7, 11) is 0. The first-order valence-electron chi connectivity index (χ1n) is 8.04. The lowest BCUT2D eigenvalue weighted by molar-refractivity contribution is 0.282. The molecule has 24 heavy (non-hydrogen) atoms. The highest BCUT2D eigenvalue weighted by molar-refractivity contribution is 7.07. The number of benzene rings is 1. The minimum atomic E-state index is -0.251. The van der Waals surface area contributed by atoms with Crippen molar-refractivity contribution in [1.82, 2.24) is 19.9 Å². The standard InChI is InChI=1S/C17H18FN5S/c18-13-2-3-16-15(8-13)17(20-11-19-16)23-5-1-4-22(6-7-23)9-14-10-24-12-21-14/h2-3,8,10-12H,1,4-7,9H2. The molecular formula is C17H18FN5S. The van der Waals surface area contributed by atoms with Crippen LogP contribution in [0.1, 0.15) is 12.1 Å². The van der Waals surface area contributed by atoms with Gasteiger partial charge in [0.25, 0.3) is 0 Å². The van der Waals surface area contributed by atoms with E-state index in [9.17, 15) is 4.39 Å².